The van der Waals surface area contributed by atoms with Crippen molar-refractivity contribution in [2.45, 2.75) is 21.3 Å². The van der Waals surface area contributed by atoms with Crippen LogP contribution in [0.4, 0.5) is 0 Å². The minimum Gasteiger partial charge on any atom is -0.0901 e. The first kappa shape index (κ1) is 17.2. The first-order valence-electron chi connectivity index (χ1n) is 1.38. The molecule has 0 amide bonds. The second-order valence-corrected chi connectivity index (χ2v) is 0. The Morgan fingerprint density at radius 1 is 1.00 bits per heavy atom. The van der Waals surface area contributed by atoms with Crippen LogP contribution in [0.25, 0.3) is 0 Å². The Hall–Kier alpha value is 0.730. The Balaban J connectivity index is -0.0000000133. The van der Waals surface area contributed by atoms with Gasteiger partial charge in [0.2, 0.25) is 0 Å². The summed E-state index contributed by atoms with van der Waals surface area (Å²) in [6, 6.07) is 0. The Morgan fingerprint density at radius 3 is 1.00 bits per heavy atom. The highest BCUT2D eigenvalue weighted by Gasteiger charge is 0.950. The lowest BCUT2D eigenvalue weighted by atomic mass is 11.0. The fourth-order valence-electron chi connectivity index (χ4n) is 0. The van der Waals surface area contributed by atoms with E-state index in [9.17, 15) is 0 Å². The molecule has 0 heterocycles. The van der Waals surface area contributed by atoms with Crippen molar-refractivity contribution in [3.63, 3.8) is 0 Å². The summed E-state index contributed by atoms with van der Waals surface area (Å²) in [7, 11) is 0. The van der Waals surface area contributed by atoms with Crippen LogP contribution in [0.15, 0.2) is 0 Å². The largest absolute Gasteiger partial charge is 0.0901 e. The minimum atomic E-state index is 0. The third-order valence-electron chi connectivity index (χ3n) is 0. The van der Waals surface area contributed by atoms with Crippen molar-refractivity contribution in [2.75, 3.05) is 4.93 Å². The van der Waals surface area contributed by atoms with Gasteiger partial charge in [0, 0.05) is 0 Å². The van der Waals surface area contributed by atoms with E-state index in [-0.39, 0.29) is 7.43 Å². The molecule has 0 N–H and O–H groups in total. The number of hydrogen-bond donors (Lipinski definition) is 0. The van der Waals surface area contributed by atoms with Crippen molar-refractivity contribution in [2.24, 2.45) is 0 Å². The summed E-state index contributed by atoms with van der Waals surface area (Å²) in [5.41, 5.74) is 0. The second kappa shape index (κ2) is 123. The summed E-state index contributed by atoms with van der Waals surface area (Å²) in [6.07, 6.45) is 0. The quantitative estimate of drug-likeness (QED) is 0.405. The molecule has 0 aromatic carbocycles. The molecule has 0 bridgehead atoms. The molecule has 36 valence electrons. The average Bonchev–Trinajstić information content (AvgIpc) is 1.50. The normalized spacial score (nSPS) is 2.40. The summed E-state index contributed by atoms with van der Waals surface area (Å²) in [4.78, 5) is 1.97. The van der Waals surface area contributed by atoms with Crippen molar-refractivity contribution >= 4 is 22.6 Å². The van der Waals surface area contributed by atoms with E-state index in [0.29, 0.717) is 0 Å². The Kier molecular flexibility index (Phi) is 425. The van der Waals surface area contributed by atoms with E-state index in [2.05, 4.69) is 22.6 Å². The first-order valence-corrected chi connectivity index (χ1v) is 3.54. The van der Waals surface area contributed by atoms with Gasteiger partial charge >= 0.3 is 0 Å². The monoisotopic (exact) mass is 188 g/mol. The lowest BCUT2D eigenvalue weighted by Gasteiger charge is -1.07. The number of hydrogen-bond acceptors (Lipinski definition) is 0. The molecule has 0 spiro atoms. The smallest absolute Gasteiger partial charge is 0.0121 e. The van der Waals surface area contributed by atoms with Gasteiger partial charge in [0.05, 0.1) is 0 Å². The van der Waals surface area contributed by atoms with Crippen LogP contribution in [0.2, 0.25) is 0 Å². The van der Waals surface area contributed by atoms with E-state index in [4.69, 9.17) is 0 Å². The van der Waals surface area contributed by atoms with E-state index in [1.54, 1.807) is 0 Å². The lowest BCUT2D eigenvalue weighted by Crippen LogP contribution is -0.856. The fraction of sp³-hybridized carbons (Fsp3) is 1.00. The summed E-state index contributed by atoms with van der Waals surface area (Å²) in [5, 5.41) is 0. The van der Waals surface area contributed by atoms with Crippen molar-refractivity contribution in [1.82, 2.24) is 0 Å². The maximum Gasteiger partial charge on any atom is -0.0121 e. The maximum atomic E-state index is 2.15. The fourth-order valence-corrected chi connectivity index (χ4v) is 0. The molecule has 0 radical (unpaired) electrons. The number of rotatable bonds is 0. The second-order valence-electron chi connectivity index (χ2n) is 0. The highest BCUT2D eigenvalue weighted by Crippen LogP contribution is 1.48. The molecule has 5 heavy (non-hydrogen) atoms. The zero-order chi connectivity index (χ0) is 4.00. The van der Waals surface area contributed by atoms with E-state index in [1.807, 2.05) is 18.8 Å². The molecule has 0 saturated carbocycles. The van der Waals surface area contributed by atoms with E-state index in [0.717, 1.165) is 0 Å². The summed E-state index contributed by atoms with van der Waals surface area (Å²) < 4.78 is 0. The van der Waals surface area contributed by atoms with Crippen LogP contribution < -0.4 is 0 Å². The molecular formula is C4H13I. The SMILES string of the molecule is C.CC.CI. The van der Waals surface area contributed by atoms with Gasteiger partial charge in [-0.1, -0.05) is 43.9 Å². The van der Waals surface area contributed by atoms with Gasteiger partial charge in [-0.3, -0.25) is 0 Å². The minimum absolute atomic E-state index is 0. The molecule has 0 aliphatic rings. The molecule has 0 rings (SSSR count). The number of halogens is 1. The Bertz CT molecular complexity index is 3.61. The van der Waals surface area contributed by atoms with Crippen LogP contribution in [0.3, 0.4) is 0 Å². The van der Waals surface area contributed by atoms with Crippen LogP contribution in [-0.2, 0) is 0 Å². The van der Waals surface area contributed by atoms with Crippen molar-refractivity contribution in [1.29, 1.82) is 0 Å². The molecule has 0 nitrogen and oxygen atoms in total. The van der Waals surface area contributed by atoms with Gasteiger partial charge in [0.25, 0.3) is 0 Å². The standard InChI is InChI=1S/C2H6.CH3I.CH4/c2*1-2;/h1-2H3;1H3;1H4. The van der Waals surface area contributed by atoms with Crippen molar-refractivity contribution in [3.8, 4) is 0 Å². The van der Waals surface area contributed by atoms with Crippen LogP contribution in [0, 0.1) is 0 Å². The zero-order valence-corrected chi connectivity index (χ0v) is 5.54. The van der Waals surface area contributed by atoms with Crippen LogP contribution in [0.5, 0.6) is 0 Å². The molecular weight excluding hydrogens is 175 g/mol. The molecule has 0 aromatic rings. The molecule has 0 unspecified atom stereocenters. The van der Waals surface area contributed by atoms with Gasteiger partial charge in [0.1, 0.15) is 0 Å². The van der Waals surface area contributed by atoms with E-state index < -0.39 is 0 Å². The molecule has 0 fully saturated rings. The van der Waals surface area contributed by atoms with Crippen molar-refractivity contribution in [3.05, 3.63) is 0 Å². The molecule has 1 heteroatoms. The average molecular weight is 188 g/mol. The van der Waals surface area contributed by atoms with Crippen LogP contribution >= 0.6 is 22.6 Å². The topological polar surface area (TPSA) is 0 Å². The molecule has 0 atom stereocenters. The molecule has 0 aromatic heterocycles. The first-order chi connectivity index (χ1) is 2.00. The third-order valence-corrected chi connectivity index (χ3v) is 0. The molecule has 0 saturated heterocycles. The van der Waals surface area contributed by atoms with Gasteiger partial charge in [-0.05, 0) is 4.93 Å². The Labute approximate surface area is 49.1 Å². The maximum absolute atomic E-state index is 2.15. The van der Waals surface area contributed by atoms with E-state index >= 15 is 0 Å². The Morgan fingerprint density at radius 2 is 1.00 bits per heavy atom. The van der Waals surface area contributed by atoms with Crippen molar-refractivity contribution < 1.29 is 0 Å². The predicted octanol–water partition coefficient (Wildman–Crippen LogP) is 2.71. The van der Waals surface area contributed by atoms with Gasteiger partial charge in [-0.15, -0.1) is 0 Å². The lowest BCUT2D eigenvalue weighted by molar-refractivity contribution is 1.50. The van der Waals surface area contributed by atoms with Crippen LogP contribution in [-0.4, -0.2) is 4.93 Å². The van der Waals surface area contributed by atoms with Gasteiger partial charge in [0.15, 0.2) is 0 Å². The van der Waals surface area contributed by atoms with Gasteiger partial charge < -0.3 is 0 Å². The highest BCUT2D eigenvalue weighted by atomic mass is 127. The summed E-state index contributed by atoms with van der Waals surface area (Å²) >= 11 is 2.15. The molecule has 0 aliphatic heterocycles. The van der Waals surface area contributed by atoms with Crippen LogP contribution in [0.1, 0.15) is 21.3 Å². The molecule has 0 aliphatic carbocycles. The van der Waals surface area contributed by atoms with Gasteiger partial charge in [-0.2, -0.15) is 0 Å². The zero-order valence-electron chi connectivity index (χ0n) is 3.38. The van der Waals surface area contributed by atoms with E-state index in [1.165, 1.54) is 0 Å². The highest BCUT2D eigenvalue weighted by molar-refractivity contribution is 14.1. The summed E-state index contributed by atoms with van der Waals surface area (Å²) in [5.74, 6) is 0. The van der Waals surface area contributed by atoms with Gasteiger partial charge in [-0.25, -0.2) is 0 Å². The number of alkyl halides is 1. The summed E-state index contributed by atoms with van der Waals surface area (Å²) in [6.45, 7) is 4.00. The third kappa shape index (κ3) is 66.2. The predicted molar refractivity (Wildman–Crippen MR) is 38.0 cm³/mol.